The Balaban J connectivity index is 2.33. The average Bonchev–Trinajstić information content (AvgIpc) is 2.32. The van der Waals surface area contributed by atoms with Gasteiger partial charge in [0.1, 0.15) is 0 Å². The summed E-state index contributed by atoms with van der Waals surface area (Å²) in [7, 11) is 0. The molecule has 2 heteroatoms. The summed E-state index contributed by atoms with van der Waals surface area (Å²) < 4.78 is 0. The van der Waals surface area contributed by atoms with Crippen molar-refractivity contribution in [2.75, 3.05) is 0 Å². The van der Waals surface area contributed by atoms with Gasteiger partial charge in [-0.3, -0.25) is 4.79 Å². The van der Waals surface area contributed by atoms with Crippen LogP contribution in [0.25, 0.3) is 0 Å². The van der Waals surface area contributed by atoms with E-state index in [9.17, 15) is 4.79 Å². The molecule has 0 heterocycles. The minimum Gasteiger partial charge on any atom is -0.353 e. The highest BCUT2D eigenvalue weighted by Crippen LogP contribution is 2.25. The molecule has 1 N–H and O–H groups in total. The molecule has 0 aromatic rings. The lowest BCUT2D eigenvalue weighted by Gasteiger charge is -2.21. The summed E-state index contributed by atoms with van der Waals surface area (Å²) in [6, 6.07) is 0.435. The molecule has 1 aliphatic rings. The fourth-order valence-electron chi connectivity index (χ4n) is 2.10. The summed E-state index contributed by atoms with van der Waals surface area (Å²) in [5.41, 5.74) is 0.103. The number of hydrogen-bond acceptors (Lipinski definition) is 1. The predicted molar refractivity (Wildman–Crippen MR) is 59.0 cm³/mol. The van der Waals surface area contributed by atoms with E-state index in [0.717, 1.165) is 6.42 Å². The first-order valence-electron chi connectivity index (χ1n) is 5.68. The van der Waals surface area contributed by atoms with Gasteiger partial charge in [0.15, 0.2) is 0 Å². The Labute approximate surface area is 87.5 Å². The minimum absolute atomic E-state index is 0.103. The molecule has 82 valence electrons. The highest BCUT2D eigenvalue weighted by Gasteiger charge is 2.26. The molecule has 14 heavy (non-hydrogen) atoms. The first-order valence-corrected chi connectivity index (χ1v) is 5.68. The van der Waals surface area contributed by atoms with Crippen LogP contribution in [0.3, 0.4) is 0 Å². The Hall–Kier alpha value is -0.530. The van der Waals surface area contributed by atoms with Crippen molar-refractivity contribution in [3.05, 3.63) is 0 Å². The molecule has 1 aliphatic carbocycles. The molecule has 0 aromatic carbocycles. The van der Waals surface area contributed by atoms with E-state index in [-0.39, 0.29) is 11.3 Å². The molecule has 1 saturated carbocycles. The maximum Gasteiger partial charge on any atom is 0.220 e. The fourth-order valence-corrected chi connectivity index (χ4v) is 2.10. The highest BCUT2D eigenvalue weighted by atomic mass is 16.1. The molecule has 0 radical (unpaired) electrons. The van der Waals surface area contributed by atoms with E-state index < -0.39 is 0 Å². The number of amides is 1. The Kier molecular flexibility index (Phi) is 3.57. The van der Waals surface area contributed by atoms with Crippen LogP contribution in [0, 0.1) is 11.3 Å². The molecular weight excluding hydrogens is 174 g/mol. The Bertz CT molecular complexity index is 205. The first-order chi connectivity index (χ1) is 6.38. The van der Waals surface area contributed by atoms with E-state index in [1.165, 1.54) is 12.8 Å². The van der Waals surface area contributed by atoms with Gasteiger partial charge in [0.2, 0.25) is 5.91 Å². The standard InChI is InChI=1S/C12H23NO/c1-9-6-5-7-10(9)13-11(14)8-12(2,3)4/h9-10H,5-8H2,1-4H3,(H,13,14). The lowest BCUT2D eigenvalue weighted by Crippen LogP contribution is -2.38. The van der Waals surface area contributed by atoms with E-state index in [1.807, 2.05) is 0 Å². The quantitative estimate of drug-likeness (QED) is 0.724. The molecular formula is C12H23NO. The van der Waals surface area contributed by atoms with E-state index in [0.29, 0.717) is 18.4 Å². The van der Waals surface area contributed by atoms with Crippen molar-refractivity contribution < 1.29 is 4.79 Å². The van der Waals surface area contributed by atoms with Crippen LogP contribution in [0.15, 0.2) is 0 Å². The molecule has 0 aromatic heterocycles. The second kappa shape index (κ2) is 4.33. The molecule has 1 fully saturated rings. The van der Waals surface area contributed by atoms with Gasteiger partial charge in [-0.25, -0.2) is 0 Å². The van der Waals surface area contributed by atoms with E-state index >= 15 is 0 Å². The van der Waals surface area contributed by atoms with Gasteiger partial charge in [-0.1, -0.05) is 34.1 Å². The van der Waals surface area contributed by atoms with E-state index in [1.54, 1.807) is 0 Å². The maximum atomic E-state index is 11.6. The zero-order chi connectivity index (χ0) is 10.8. The lowest BCUT2D eigenvalue weighted by molar-refractivity contribution is -0.123. The van der Waals surface area contributed by atoms with Crippen LogP contribution < -0.4 is 5.32 Å². The van der Waals surface area contributed by atoms with Crippen molar-refractivity contribution in [2.45, 2.75) is 59.4 Å². The van der Waals surface area contributed by atoms with Gasteiger partial charge in [0.25, 0.3) is 0 Å². The van der Waals surface area contributed by atoms with Crippen LogP contribution in [0.1, 0.15) is 53.4 Å². The van der Waals surface area contributed by atoms with Gasteiger partial charge in [-0.15, -0.1) is 0 Å². The summed E-state index contributed by atoms with van der Waals surface area (Å²) in [4.78, 5) is 11.6. The van der Waals surface area contributed by atoms with Gasteiger partial charge in [-0.05, 0) is 24.2 Å². The average molecular weight is 197 g/mol. The summed E-state index contributed by atoms with van der Waals surface area (Å²) in [5.74, 6) is 0.884. The number of carbonyl (C=O) groups is 1. The molecule has 0 spiro atoms. The SMILES string of the molecule is CC1CCCC1NC(=O)CC(C)(C)C. The van der Waals surface area contributed by atoms with E-state index in [2.05, 4.69) is 33.0 Å². The number of rotatable bonds is 2. The van der Waals surface area contributed by atoms with Crippen molar-refractivity contribution in [2.24, 2.45) is 11.3 Å². The number of hydrogen-bond donors (Lipinski definition) is 1. The Morgan fingerprint density at radius 1 is 1.36 bits per heavy atom. The molecule has 0 bridgehead atoms. The lowest BCUT2D eigenvalue weighted by atomic mass is 9.91. The first kappa shape index (κ1) is 11.5. The summed E-state index contributed by atoms with van der Waals surface area (Å²) in [5, 5.41) is 3.15. The smallest absolute Gasteiger partial charge is 0.220 e. The highest BCUT2D eigenvalue weighted by molar-refractivity contribution is 5.76. The van der Waals surface area contributed by atoms with Crippen LogP contribution in [-0.4, -0.2) is 11.9 Å². The summed E-state index contributed by atoms with van der Waals surface area (Å²) in [6.45, 7) is 8.54. The summed E-state index contributed by atoms with van der Waals surface area (Å²) in [6.07, 6.45) is 4.33. The third-order valence-electron chi connectivity index (χ3n) is 2.90. The zero-order valence-corrected chi connectivity index (χ0v) is 9.89. The second-order valence-corrected chi connectivity index (χ2v) is 5.82. The second-order valence-electron chi connectivity index (χ2n) is 5.82. The largest absolute Gasteiger partial charge is 0.353 e. The Morgan fingerprint density at radius 3 is 2.43 bits per heavy atom. The fraction of sp³-hybridized carbons (Fsp3) is 0.917. The van der Waals surface area contributed by atoms with Crippen LogP contribution in [0.4, 0.5) is 0 Å². The zero-order valence-electron chi connectivity index (χ0n) is 9.89. The van der Waals surface area contributed by atoms with Gasteiger partial charge >= 0.3 is 0 Å². The van der Waals surface area contributed by atoms with Gasteiger partial charge in [-0.2, -0.15) is 0 Å². The Morgan fingerprint density at radius 2 is 2.00 bits per heavy atom. The minimum atomic E-state index is 0.103. The maximum absolute atomic E-state index is 11.6. The van der Waals surface area contributed by atoms with Crippen molar-refractivity contribution in [3.63, 3.8) is 0 Å². The molecule has 1 rings (SSSR count). The third kappa shape index (κ3) is 3.69. The number of nitrogens with one attached hydrogen (secondary N) is 1. The van der Waals surface area contributed by atoms with Crippen LogP contribution >= 0.6 is 0 Å². The normalized spacial score (nSPS) is 27.7. The molecule has 0 aliphatic heterocycles. The van der Waals surface area contributed by atoms with Crippen molar-refractivity contribution >= 4 is 5.91 Å². The van der Waals surface area contributed by atoms with Crippen molar-refractivity contribution in [1.82, 2.24) is 5.32 Å². The van der Waals surface area contributed by atoms with Crippen molar-refractivity contribution in [1.29, 1.82) is 0 Å². The van der Waals surface area contributed by atoms with Gasteiger partial charge in [0.05, 0.1) is 0 Å². The van der Waals surface area contributed by atoms with Crippen LogP contribution in [0.2, 0.25) is 0 Å². The van der Waals surface area contributed by atoms with Gasteiger partial charge in [0, 0.05) is 12.5 Å². The molecule has 2 unspecified atom stereocenters. The predicted octanol–water partition coefficient (Wildman–Crippen LogP) is 2.73. The summed E-state index contributed by atoms with van der Waals surface area (Å²) >= 11 is 0. The van der Waals surface area contributed by atoms with Crippen LogP contribution in [0.5, 0.6) is 0 Å². The molecule has 2 nitrogen and oxygen atoms in total. The van der Waals surface area contributed by atoms with Gasteiger partial charge < -0.3 is 5.32 Å². The molecule has 2 atom stereocenters. The number of carbonyl (C=O) groups excluding carboxylic acids is 1. The van der Waals surface area contributed by atoms with Crippen LogP contribution in [-0.2, 0) is 4.79 Å². The van der Waals surface area contributed by atoms with E-state index in [4.69, 9.17) is 0 Å². The monoisotopic (exact) mass is 197 g/mol. The molecule has 0 saturated heterocycles. The third-order valence-corrected chi connectivity index (χ3v) is 2.90. The topological polar surface area (TPSA) is 29.1 Å². The molecule has 1 amide bonds. The van der Waals surface area contributed by atoms with Crippen molar-refractivity contribution in [3.8, 4) is 0 Å².